The van der Waals surface area contributed by atoms with E-state index in [1.807, 2.05) is 24.1 Å². The quantitative estimate of drug-likeness (QED) is 0.150. The van der Waals surface area contributed by atoms with E-state index in [-0.39, 0.29) is 23.6 Å². The second kappa shape index (κ2) is 13.2. The zero-order valence-corrected chi connectivity index (χ0v) is 26.9. The standard InChI is InChI=1S/C37H31ClN4O6/c1-22-31(36(46)47)32(24-9-7-10-25(38)21-24)41(37(48)39-22)20-8-19-40(2)30-14-6-5-13-29(30)33(43)23-15-17-26(18-16-23)42-34(44)27-11-3-4-12-28(27)35(42)45/h3-7,9-18,21,32H,8,19-20H2,1-2H3,(H,39,48)(H,46,47). The Morgan fingerprint density at radius 1 is 0.875 bits per heavy atom. The number of aliphatic carboxylic acids is 1. The minimum atomic E-state index is -1.14. The summed E-state index contributed by atoms with van der Waals surface area (Å²) in [7, 11) is 1.84. The molecule has 2 heterocycles. The minimum absolute atomic E-state index is 0.0650. The van der Waals surface area contributed by atoms with Gasteiger partial charge in [-0.15, -0.1) is 0 Å². The van der Waals surface area contributed by atoms with Crippen LogP contribution in [0.15, 0.2) is 108 Å². The lowest BCUT2D eigenvalue weighted by Gasteiger charge is -2.37. The lowest BCUT2D eigenvalue weighted by molar-refractivity contribution is -0.133. The van der Waals surface area contributed by atoms with E-state index in [1.165, 1.54) is 4.90 Å². The van der Waals surface area contributed by atoms with Gasteiger partial charge in [0, 0.05) is 47.7 Å². The molecule has 2 aliphatic rings. The first-order valence-electron chi connectivity index (χ1n) is 15.3. The number of halogens is 1. The number of para-hydroxylation sites is 1. The zero-order chi connectivity index (χ0) is 34.1. The molecule has 0 radical (unpaired) electrons. The van der Waals surface area contributed by atoms with Gasteiger partial charge in [-0.05, 0) is 79.6 Å². The first-order valence-corrected chi connectivity index (χ1v) is 15.6. The maximum Gasteiger partial charge on any atom is 0.335 e. The summed E-state index contributed by atoms with van der Waals surface area (Å²) in [6, 6.07) is 25.7. The molecule has 4 amide bonds. The molecule has 2 N–H and O–H groups in total. The highest BCUT2D eigenvalue weighted by Gasteiger charge is 2.38. The average Bonchev–Trinajstić information content (AvgIpc) is 3.33. The number of fused-ring (bicyclic) bond motifs is 1. The molecular formula is C37H31ClN4O6. The van der Waals surface area contributed by atoms with Crippen molar-refractivity contribution in [3.63, 3.8) is 0 Å². The van der Waals surface area contributed by atoms with Crippen LogP contribution >= 0.6 is 11.6 Å². The van der Waals surface area contributed by atoms with Gasteiger partial charge in [-0.25, -0.2) is 14.5 Å². The van der Waals surface area contributed by atoms with E-state index in [9.17, 15) is 29.1 Å². The summed E-state index contributed by atoms with van der Waals surface area (Å²) in [5.74, 6) is -2.20. The Bertz CT molecular complexity index is 1970. The van der Waals surface area contributed by atoms with Crippen molar-refractivity contribution < 1.29 is 29.1 Å². The molecule has 0 saturated carbocycles. The third-order valence-corrected chi connectivity index (χ3v) is 8.81. The average molecular weight is 663 g/mol. The van der Waals surface area contributed by atoms with Crippen molar-refractivity contribution in [1.29, 1.82) is 0 Å². The number of ketones is 1. The Labute approximate surface area is 281 Å². The molecular weight excluding hydrogens is 632 g/mol. The molecule has 2 aliphatic heterocycles. The molecule has 10 nitrogen and oxygen atoms in total. The molecule has 11 heteroatoms. The summed E-state index contributed by atoms with van der Waals surface area (Å²) >= 11 is 6.23. The van der Waals surface area contributed by atoms with Crippen LogP contribution in [0, 0.1) is 0 Å². The largest absolute Gasteiger partial charge is 0.478 e. The molecule has 48 heavy (non-hydrogen) atoms. The summed E-state index contributed by atoms with van der Waals surface area (Å²) in [4.78, 5) is 69.5. The van der Waals surface area contributed by atoms with E-state index >= 15 is 0 Å². The highest BCUT2D eigenvalue weighted by Crippen LogP contribution is 2.35. The number of nitrogens with zero attached hydrogens (tertiary/aromatic N) is 3. The summed E-state index contributed by atoms with van der Waals surface area (Å²) in [6.45, 7) is 2.24. The Morgan fingerprint density at radius 3 is 2.17 bits per heavy atom. The summed E-state index contributed by atoms with van der Waals surface area (Å²) < 4.78 is 0. The fourth-order valence-corrected chi connectivity index (χ4v) is 6.45. The van der Waals surface area contributed by atoms with Gasteiger partial charge in [-0.2, -0.15) is 0 Å². The molecule has 0 aliphatic carbocycles. The van der Waals surface area contributed by atoms with Gasteiger partial charge >= 0.3 is 12.0 Å². The number of hydrogen-bond donors (Lipinski definition) is 2. The molecule has 6 rings (SSSR count). The number of allylic oxidation sites excluding steroid dienone is 1. The molecule has 242 valence electrons. The second-order valence-electron chi connectivity index (χ2n) is 11.6. The maximum absolute atomic E-state index is 13.7. The first-order chi connectivity index (χ1) is 23.1. The second-order valence-corrected chi connectivity index (χ2v) is 12.0. The predicted molar refractivity (Wildman–Crippen MR) is 182 cm³/mol. The first kappa shape index (κ1) is 32.2. The smallest absolute Gasteiger partial charge is 0.335 e. The molecule has 0 spiro atoms. The number of hydrogen-bond acceptors (Lipinski definition) is 6. The maximum atomic E-state index is 13.7. The van der Waals surface area contributed by atoms with Gasteiger partial charge in [0.2, 0.25) is 0 Å². The SMILES string of the molecule is CC1=C(C(=O)O)C(c2cccc(Cl)c2)N(CCCN(C)c2ccccc2C(=O)c2ccc(N3C(=O)c4ccccc4C3=O)cc2)C(=O)N1. The van der Waals surface area contributed by atoms with Crippen LogP contribution in [0.5, 0.6) is 0 Å². The Balaban J connectivity index is 1.17. The van der Waals surface area contributed by atoms with E-state index < -0.39 is 29.9 Å². The number of carboxylic acids is 1. The number of carbonyl (C=O) groups is 5. The van der Waals surface area contributed by atoms with Gasteiger partial charge < -0.3 is 20.2 Å². The van der Waals surface area contributed by atoms with Gasteiger partial charge in [-0.1, -0.05) is 48.0 Å². The monoisotopic (exact) mass is 662 g/mol. The van der Waals surface area contributed by atoms with Crippen molar-refractivity contribution in [2.75, 3.05) is 29.9 Å². The van der Waals surface area contributed by atoms with E-state index in [2.05, 4.69) is 5.32 Å². The molecule has 0 aromatic heterocycles. The van der Waals surface area contributed by atoms with Crippen molar-refractivity contribution >= 4 is 52.6 Å². The number of urea groups is 1. The lowest BCUT2D eigenvalue weighted by Crippen LogP contribution is -2.49. The van der Waals surface area contributed by atoms with Crippen molar-refractivity contribution in [3.05, 3.63) is 141 Å². The van der Waals surface area contributed by atoms with E-state index in [1.54, 1.807) is 91.9 Å². The van der Waals surface area contributed by atoms with Crippen LogP contribution in [0.2, 0.25) is 5.02 Å². The van der Waals surface area contributed by atoms with E-state index in [0.29, 0.717) is 57.2 Å². The third kappa shape index (κ3) is 5.93. The van der Waals surface area contributed by atoms with Gasteiger partial charge in [0.05, 0.1) is 28.4 Å². The van der Waals surface area contributed by atoms with Crippen molar-refractivity contribution in [2.45, 2.75) is 19.4 Å². The topological polar surface area (TPSA) is 127 Å². The lowest BCUT2D eigenvalue weighted by atomic mass is 9.93. The number of anilines is 2. The zero-order valence-electron chi connectivity index (χ0n) is 26.1. The fraction of sp³-hybridized carbons (Fsp3) is 0.162. The van der Waals surface area contributed by atoms with E-state index in [4.69, 9.17) is 11.6 Å². The Kier molecular flexibility index (Phi) is 8.84. The normalized spacial score (nSPS) is 15.8. The highest BCUT2D eigenvalue weighted by atomic mass is 35.5. The number of carboxylic acid groups (broad SMARTS) is 1. The minimum Gasteiger partial charge on any atom is -0.478 e. The van der Waals surface area contributed by atoms with Crippen LogP contribution in [0.1, 0.15) is 61.6 Å². The fourth-order valence-electron chi connectivity index (χ4n) is 6.25. The summed E-state index contributed by atoms with van der Waals surface area (Å²) in [5.41, 5.74) is 3.49. The number of benzene rings is 4. The van der Waals surface area contributed by atoms with Crippen LogP contribution < -0.4 is 15.1 Å². The predicted octanol–water partition coefficient (Wildman–Crippen LogP) is 6.32. The molecule has 0 bridgehead atoms. The third-order valence-electron chi connectivity index (χ3n) is 8.57. The Hall–Kier alpha value is -5.74. The molecule has 1 atom stereocenters. The van der Waals surface area contributed by atoms with Crippen molar-refractivity contribution in [1.82, 2.24) is 10.2 Å². The van der Waals surface area contributed by atoms with Crippen molar-refractivity contribution in [2.24, 2.45) is 0 Å². The number of imide groups is 1. The molecule has 1 unspecified atom stereocenters. The van der Waals surface area contributed by atoms with Crippen LogP contribution in [0.3, 0.4) is 0 Å². The summed E-state index contributed by atoms with van der Waals surface area (Å²) in [6.07, 6.45) is 0.463. The van der Waals surface area contributed by atoms with Gasteiger partial charge in [0.15, 0.2) is 5.78 Å². The molecule has 4 aromatic carbocycles. The van der Waals surface area contributed by atoms with Crippen LogP contribution in [-0.4, -0.2) is 59.7 Å². The van der Waals surface area contributed by atoms with Crippen LogP contribution in [0.4, 0.5) is 16.2 Å². The number of carbonyl (C=O) groups excluding carboxylic acids is 4. The van der Waals surface area contributed by atoms with Gasteiger partial charge in [0.1, 0.15) is 0 Å². The van der Waals surface area contributed by atoms with E-state index in [0.717, 1.165) is 4.90 Å². The molecule has 4 aromatic rings. The van der Waals surface area contributed by atoms with Gasteiger partial charge in [-0.3, -0.25) is 14.4 Å². The van der Waals surface area contributed by atoms with Crippen LogP contribution in [-0.2, 0) is 4.79 Å². The van der Waals surface area contributed by atoms with Crippen LogP contribution in [0.25, 0.3) is 0 Å². The Morgan fingerprint density at radius 2 is 1.52 bits per heavy atom. The number of rotatable bonds is 10. The summed E-state index contributed by atoms with van der Waals surface area (Å²) in [5, 5.41) is 13.1. The molecule has 0 fully saturated rings. The molecule has 0 saturated heterocycles. The van der Waals surface area contributed by atoms with Gasteiger partial charge in [0.25, 0.3) is 11.8 Å². The number of amides is 4. The number of nitrogens with one attached hydrogen (secondary N) is 1. The highest BCUT2D eigenvalue weighted by molar-refractivity contribution is 6.34. The van der Waals surface area contributed by atoms with Crippen molar-refractivity contribution in [3.8, 4) is 0 Å².